The van der Waals surface area contributed by atoms with E-state index in [-0.39, 0.29) is 0 Å². The molecule has 0 aliphatic heterocycles. The van der Waals surface area contributed by atoms with Crippen molar-refractivity contribution in [1.29, 1.82) is 0 Å². The molecule has 0 heterocycles. The van der Waals surface area contributed by atoms with E-state index in [4.69, 9.17) is 0 Å². The minimum atomic E-state index is 1.08. The molecule has 0 bridgehead atoms. The lowest BCUT2D eigenvalue weighted by Gasteiger charge is -2.27. The zero-order valence-electron chi connectivity index (χ0n) is 34.8. The molecule has 0 atom stereocenters. The second kappa shape index (κ2) is 16.7. The summed E-state index contributed by atoms with van der Waals surface area (Å²) in [5.41, 5.74) is 17.7. The molecule has 0 unspecified atom stereocenters. The van der Waals surface area contributed by atoms with Gasteiger partial charge in [0.1, 0.15) is 0 Å². The maximum atomic E-state index is 2.39. The molecule has 0 saturated carbocycles. The second-order valence-electron chi connectivity index (χ2n) is 16.0. The topological polar surface area (TPSA) is 3.24 Å². The molecule has 1 nitrogen and oxygen atoms in total. The van der Waals surface area contributed by atoms with Crippen LogP contribution in [0.4, 0.5) is 17.1 Å². The number of anilines is 3. The molecule has 0 amide bonds. The maximum absolute atomic E-state index is 2.39. The van der Waals surface area contributed by atoms with Gasteiger partial charge in [0.05, 0.1) is 0 Å². The van der Waals surface area contributed by atoms with Crippen molar-refractivity contribution in [3.8, 4) is 66.8 Å². The minimum absolute atomic E-state index is 1.08. The molecule has 63 heavy (non-hydrogen) atoms. The lowest BCUT2D eigenvalue weighted by atomic mass is 9.85. The molecule has 11 aromatic carbocycles. The van der Waals surface area contributed by atoms with Gasteiger partial charge in [-0.25, -0.2) is 0 Å². The van der Waals surface area contributed by atoms with Crippen LogP contribution in [0.25, 0.3) is 88.3 Å². The molecule has 11 aromatic rings. The summed E-state index contributed by atoms with van der Waals surface area (Å²) >= 11 is 0. The van der Waals surface area contributed by atoms with Crippen LogP contribution in [0.1, 0.15) is 0 Å². The van der Waals surface area contributed by atoms with Crippen molar-refractivity contribution >= 4 is 38.6 Å². The van der Waals surface area contributed by atoms with E-state index in [0.29, 0.717) is 0 Å². The number of hydrogen-bond acceptors (Lipinski definition) is 1. The van der Waals surface area contributed by atoms with Crippen LogP contribution in [-0.4, -0.2) is 0 Å². The summed E-state index contributed by atoms with van der Waals surface area (Å²) < 4.78 is 0. The largest absolute Gasteiger partial charge is 0.310 e. The third-order valence-corrected chi connectivity index (χ3v) is 12.3. The van der Waals surface area contributed by atoms with Crippen molar-refractivity contribution in [3.05, 3.63) is 261 Å². The zero-order valence-corrected chi connectivity index (χ0v) is 34.8. The summed E-state index contributed by atoms with van der Waals surface area (Å²) in [6.07, 6.45) is 0. The third kappa shape index (κ3) is 7.26. The van der Waals surface area contributed by atoms with Crippen LogP contribution < -0.4 is 4.90 Å². The van der Waals surface area contributed by atoms with E-state index in [0.717, 1.165) is 17.1 Å². The molecular formula is C62H43N. The first kappa shape index (κ1) is 37.7. The Kier molecular flexibility index (Phi) is 9.97. The minimum Gasteiger partial charge on any atom is -0.310 e. The summed E-state index contributed by atoms with van der Waals surface area (Å²) in [6.45, 7) is 0. The Morgan fingerprint density at radius 1 is 0.190 bits per heavy atom. The molecule has 1 heteroatoms. The van der Waals surface area contributed by atoms with Gasteiger partial charge >= 0.3 is 0 Å². The Hall–Kier alpha value is -8.26. The SMILES string of the molecule is c1ccc(-c2ccc(N(c3ccc(-c4ccc(-c5ccccc5)c(-c5ccccc5)c4)cc3)c3cccc(-c4c(-c5ccccc5)c5ccccc5c5ccccc45)c3)cc2)cc1. The van der Waals surface area contributed by atoms with E-state index in [1.165, 1.54) is 88.3 Å². The van der Waals surface area contributed by atoms with Crippen molar-refractivity contribution in [3.63, 3.8) is 0 Å². The number of nitrogens with zero attached hydrogens (tertiary/aromatic N) is 1. The van der Waals surface area contributed by atoms with Gasteiger partial charge in [0, 0.05) is 17.1 Å². The van der Waals surface area contributed by atoms with Crippen LogP contribution in [0.2, 0.25) is 0 Å². The third-order valence-electron chi connectivity index (χ3n) is 12.3. The first-order valence-corrected chi connectivity index (χ1v) is 21.7. The molecule has 0 spiro atoms. The van der Waals surface area contributed by atoms with Crippen molar-refractivity contribution in [1.82, 2.24) is 0 Å². The Morgan fingerprint density at radius 2 is 0.571 bits per heavy atom. The van der Waals surface area contributed by atoms with Crippen LogP contribution in [0.15, 0.2) is 261 Å². The number of hydrogen-bond donors (Lipinski definition) is 0. The van der Waals surface area contributed by atoms with E-state index < -0.39 is 0 Å². The molecule has 0 N–H and O–H groups in total. The van der Waals surface area contributed by atoms with Gasteiger partial charge in [-0.05, 0) is 131 Å². The summed E-state index contributed by atoms with van der Waals surface area (Å²) in [5.74, 6) is 0. The average Bonchev–Trinajstić information content (AvgIpc) is 3.37. The average molecular weight is 802 g/mol. The van der Waals surface area contributed by atoms with Crippen LogP contribution in [-0.2, 0) is 0 Å². The predicted molar refractivity (Wildman–Crippen MR) is 269 cm³/mol. The monoisotopic (exact) mass is 801 g/mol. The van der Waals surface area contributed by atoms with Crippen LogP contribution >= 0.6 is 0 Å². The van der Waals surface area contributed by atoms with Gasteiger partial charge in [0.25, 0.3) is 0 Å². The standard InChI is InChI=1S/C62H43N/c1-5-18-44(19-6-1)45-32-37-52(38-33-45)63(53-39-34-46(35-40-53)50-36-41-55(47-20-7-2-8-21-47)60(43-50)48-22-9-3-10-23-48)54-27-17-26-51(42-54)62-59-31-16-14-29-57(59)56-28-13-15-30-58(56)61(62)49-24-11-4-12-25-49/h1-43H. The first-order valence-electron chi connectivity index (χ1n) is 21.7. The summed E-state index contributed by atoms with van der Waals surface area (Å²) in [7, 11) is 0. The smallest absolute Gasteiger partial charge is 0.0467 e. The maximum Gasteiger partial charge on any atom is 0.0467 e. The Balaban J connectivity index is 1.06. The molecule has 296 valence electrons. The lowest BCUT2D eigenvalue weighted by molar-refractivity contribution is 1.28. The second-order valence-corrected chi connectivity index (χ2v) is 16.0. The van der Waals surface area contributed by atoms with Crippen LogP contribution in [0.5, 0.6) is 0 Å². The number of fused-ring (bicyclic) bond motifs is 3. The van der Waals surface area contributed by atoms with Gasteiger partial charge in [-0.15, -0.1) is 0 Å². The Morgan fingerprint density at radius 3 is 1.11 bits per heavy atom. The van der Waals surface area contributed by atoms with E-state index in [2.05, 4.69) is 266 Å². The van der Waals surface area contributed by atoms with Gasteiger partial charge in [-0.2, -0.15) is 0 Å². The fourth-order valence-corrected chi connectivity index (χ4v) is 9.28. The summed E-state index contributed by atoms with van der Waals surface area (Å²) in [5, 5.41) is 5.00. The van der Waals surface area contributed by atoms with Crippen molar-refractivity contribution in [2.24, 2.45) is 0 Å². The van der Waals surface area contributed by atoms with E-state index >= 15 is 0 Å². The van der Waals surface area contributed by atoms with E-state index in [9.17, 15) is 0 Å². The molecule has 0 aromatic heterocycles. The summed E-state index contributed by atoms with van der Waals surface area (Å²) in [4.78, 5) is 2.39. The molecule has 0 fully saturated rings. The highest BCUT2D eigenvalue weighted by Crippen LogP contribution is 2.46. The van der Waals surface area contributed by atoms with Gasteiger partial charge in [-0.1, -0.05) is 218 Å². The van der Waals surface area contributed by atoms with Gasteiger partial charge in [-0.3, -0.25) is 0 Å². The normalized spacial score (nSPS) is 11.2. The van der Waals surface area contributed by atoms with Gasteiger partial charge < -0.3 is 4.90 Å². The van der Waals surface area contributed by atoms with Gasteiger partial charge in [0.15, 0.2) is 0 Å². The highest BCUT2D eigenvalue weighted by Gasteiger charge is 2.20. The molecule has 0 saturated heterocycles. The highest BCUT2D eigenvalue weighted by molar-refractivity contribution is 6.21. The fourth-order valence-electron chi connectivity index (χ4n) is 9.28. The summed E-state index contributed by atoms with van der Waals surface area (Å²) in [6, 6.07) is 94.6. The molecule has 0 aliphatic carbocycles. The molecule has 11 rings (SSSR count). The molecule has 0 aliphatic rings. The Labute approximate surface area is 369 Å². The zero-order chi connectivity index (χ0) is 42.0. The van der Waals surface area contributed by atoms with Crippen molar-refractivity contribution in [2.45, 2.75) is 0 Å². The van der Waals surface area contributed by atoms with Crippen molar-refractivity contribution in [2.75, 3.05) is 4.90 Å². The van der Waals surface area contributed by atoms with Crippen LogP contribution in [0, 0.1) is 0 Å². The molecule has 0 radical (unpaired) electrons. The lowest BCUT2D eigenvalue weighted by Crippen LogP contribution is -2.10. The highest BCUT2D eigenvalue weighted by atomic mass is 15.1. The predicted octanol–water partition coefficient (Wildman–Crippen LogP) is 17.5. The van der Waals surface area contributed by atoms with Crippen molar-refractivity contribution < 1.29 is 0 Å². The number of benzene rings is 11. The fraction of sp³-hybridized carbons (Fsp3) is 0. The molecular weight excluding hydrogens is 759 g/mol. The van der Waals surface area contributed by atoms with E-state index in [1.807, 2.05) is 0 Å². The van der Waals surface area contributed by atoms with Gasteiger partial charge in [0.2, 0.25) is 0 Å². The quantitative estimate of drug-likeness (QED) is 0.131. The first-order chi connectivity index (χ1) is 31.3. The Bertz CT molecular complexity index is 3340. The number of rotatable bonds is 9. The van der Waals surface area contributed by atoms with Crippen LogP contribution in [0.3, 0.4) is 0 Å². The van der Waals surface area contributed by atoms with E-state index in [1.54, 1.807) is 0 Å².